The van der Waals surface area contributed by atoms with Crippen molar-refractivity contribution in [1.29, 1.82) is 0 Å². The summed E-state index contributed by atoms with van der Waals surface area (Å²) in [5.41, 5.74) is 0.909. The van der Waals surface area contributed by atoms with Crippen LogP contribution in [0, 0.1) is 12.8 Å². The number of carbonyl (C=O) groups excluding carboxylic acids is 1. The predicted octanol–water partition coefficient (Wildman–Crippen LogP) is 1.03. The summed E-state index contributed by atoms with van der Waals surface area (Å²) in [6.45, 7) is 4.91. The van der Waals surface area contributed by atoms with Gasteiger partial charge in [-0.2, -0.15) is 21.8 Å². The van der Waals surface area contributed by atoms with Crippen LogP contribution in [0.4, 0.5) is 5.95 Å². The van der Waals surface area contributed by atoms with E-state index in [1.807, 2.05) is 47.4 Å². The number of hydrogen-bond acceptors (Lipinski definition) is 6. The van der Waals surface area contributed by atoms with Crippen molar-refractivity contribution in [2.24, 2.45) is 13.0 Å². The van der Waals surface area contributed by atoms with Crippen LogP contribution in [0.25, 0.3) is 0 Å². The van der Waals surface area contributed by atoms with Crippen LogP contribution in [0.1, 0.15) is 29.9 Å². The molecule has 154 valence electrons. The molecule has 0 N–H and O–H groups in total. The highest BCUT2D eigenvalue weighted by atomic mass is 32.2. The minimum atomic E-state index is -0.435. The number of amides is 1. The van der Waals surface area contributed by atoms with Crippen molar-refractivity contribution in [3.05, 3.63) is 40.1 Å². The first-order valence-electron chi connectivity index (χ1n) is 10.2. The average Bonchev–Trinajstić information content (AvgIpc) is 3.07. The van der Waals surface area contributed by atoms with E-state index >= 15 is 0 Å². The van der Waals surface area contributed by atoms with Gasteiger partial charge in [-0.1, -0.05) is 6.07 Å². The molecule has 2 aromatic heterocycles. The van der Waals surface area contributed by atoms with E-state index < -0.39 is 6.04 Å². The molecule has 9 heteroatoms. The van der Waals surface area contributed by atoms with E-state index in [1.54, 1.807) is 10.6 Å². The lowest BCUT2D eigenvalue weighted by atomic mass is 9.78. The van der Waals surface area contributed by atoms with Gasteiger partial charge in [0.15, 0.2) is 0 Å². The Labute approximate surface area is 173 Å². The lowest BCUT2D eigenvalue weighted by molar-refractivity contribution is -0.137. The number of carbonyl (C=O) groups is 1. The third-order valence-corrected chi connectivity index (χ3v) is 7.29. The van der Waals surface area contributed by atoms with Gasteiger partial charge in [0.1, 0.15) is 11.9 Å². The highest BCUT2D eigenvalue weighted by Gasteiger charge is 2.45. The van der Waals surface area contributed by atoms with Gasteiger partial charge in [-0.15, -0.1) is 0 Å². The SMILES string of the molecule is Cc1nc(N2C[C@@H]3C[C@H](C2)[C@H](C(=O)N2CCSCC2)n2c3cccc2=O)n(C)n1. The van der Waals surface area contributed by atoms with Crippen LogP contribution in [0.2, 0.25) is 0 Å². The minimum Gasteiger partial charge on any atom is -0.340 e. The second kappa shape index (κ2) is 7.19. The maximum atomic E-state index is 13.6. The maximum Gasteiger partial charge on any atom is 0.251 e. The van der Waals surface area contributed by atoms with Crippen molar-refractivity contribution in [3.63, 3.8) is 0 Å². The molecule has 0 aromatic carbocycles. The predicted molar refractivity (Wildman–Crippen MR) is 112 cm³/mol. The van der Waals surface area contributed by atoms with E-state index in [9.17, 15) is 9.59 Å². The molecule has 2 bridgehead atoms. The number of thioether (sulfide) groups is 1. The fraction of sp³-hybridized carbons (Fsp3) is 0.600. The summed E-state index contributed by atoms with van der Waals surface area (Å²) in [4.78, 5) is 35.2. The Morgan fingerprint density at radius 3 is 2.72 bits per heavy atom. The molecule has 0 aliphatic carbocycles. The molecule has 5 heterocycles. The molecule has 8 nitrogen and oxygen atoms in total. The second-order valence-electron chi connectivity index (χ2n) is 8.22. The fourth-order valence-corrected chi connectivity index (χ4v) is 6.07. The Hall–Kier alpha value is -2.29. The summed E-state index contributed by atoms with van der Waals surface area (Å²) >= 11 is 1.88. The molecule has 0 unspecified atom stereocenters. The topological polar surface area (TPSA) is 76.3 Å². The monoisotopic (exact) mass is 414 g/mol. The lowest BCUT2D eigenvalue weighted by Crippen LogP contribution is -2.55. The summed E-state index contributed by atoms with van der Waals surface area (Å²) in [6.07, 6.45) is 0.926. The van der Waals surface area contributed by atoms with Crippen LogP contribution in [-0.2, 0) is 11.8 Å². The number of aromatic nitrogens is 4. The number of anilines is 1. The van der Waals surface area contributed by atoms with Gasteiger partial charge in [-0.05, 0) is 19.4 Å². The number of aryl methyl sites for hydroxylation is 2. The van der Waals surface area contributed by atoms with E-state index in [2.05, 4.69) is 15.0 Å². The Morgan fingerprint density at radius 1 is 1.21 bits per heavy atom. The molecule has 2 aromatic rings. The van der Waals surface area contributed by atoms with E-state index in [4.69, 9.17) is 0 Å². The van der Waals surface area contributed by atoms with E-state index in [1.165, 1.54) is 0 Å². The number of nitrogens with zero attached hydrogens (tertiary/aromatic N) is 6. The van der Waals surface area contributed by atoms with Gasteiger partial charge in [-0.25, -0.2) is 4.68 Å². The summed E-state index contributed by atoms with van der Waals surface area (Å²) in [5.74, 6) is 3.90. The van der Waals surface area contributed by atoms with Gasteiger partial charge >= 0.3 is 0 Å². The third kappa shape index (κ3) is 3.15. The quantitative estimate of drug-likeness (QED) is 0.731. The fourth-order valence-electron chi connectivity index (χ4n) is 5.16. The average molecular weight is 415 g/mol. The normalized spacial score (nSPS) is 26.3. The zero-order valence-electron chi connectivity index (χ0n) is 16.8. The molecular formula is C20H26N6O2S. The summed E-state index contributed by atoms with van der Waals surface area (Å²) in [6, 6.07) is 4.98. The molecule has 5 rings (SSSR count). The first-order chi connectivity index (χ1) is 14.0. The summed E-state index contributed by atoms with van der Waals surface area (Å²) in [7, 11) is 1.91. The molecule has 0 spiro atoms. The highest BCUT2D eigenvalue weighted by molar-refractivity contribution is 7.99. The van der Waals surface area contributed by atoms with Gasteiger partial charge < -0.3 is 9.80 Å². The van der Waals surface area contributed by atoms with Crippen molar-refractivity contribution in [2.75, 3.05) is 42.6 Å². The molecule has 2 saturated heterocycles. The molecule has 3 atom stereocenters. The molecule has 3 aliphatic heterocycles. The molecule has 3 aliphatic rings. The van der Waals surface area contributed by atoms with Crippen molar-refractivity contribution in [2.45, 2.75) is 25.3 Å². The second-order valence-corrected chi connectivity index (χ2v) is 9.45. The lowest BCUT2D eigenvalue weighted by Gasteiger charge is -2.47. The number of hydrogen-bond donors (Lipinski definition) is 0. The van der Waals surface area contributed by atoms with E-state index in [-0.39, 0.29) is 23.3 Å². The Balaban J connectivity index is 1.55. The maximum absolute atomic E-state index is 13.6. The van der Waals surface area contributed by atoms with Crippen molar-refractivity contribution in [1.82, 2.24) is 24.2 Å². The Morgan fingerprint density at radius 2 is 2.00 bits per heavy atom. The van der Waals surface area contributed by atoms with Crippen LogP contribution in [0.3, 0.4) is 0 Å². The molecule has 1 amide bonds. The van der Waals surface area contributed by atoms with Gasteiger partial charge in [0.05, 0.1) is 0 Å². The van der Waals surface area contributed by atoms with Gasteiger partial charge in [-0.3, -0.25) is 14.2 Å². The van der Waals surface area contributed by atoms with Crippen molar-refractivity contribution < 1.29 is 4.79 Å². The Kier molecular flexibility index (Phi) is 4.64. The Bertz CT molecular complexity index is 995. The zero-order valence-corrected chi connectivity index (χ0v) is 17.6. The van der Waals surface area contributed by atoms with Crippen LogP contribution in [-0.4, -0.2) is 67.8 Å². The van der Waals surface area contributed by atoms with Crippen LogP contribution >= 0.6 is 11.8 Å². The van der Waals surface area contributed by atoms with Crippen molar-refractivity contribution >= 4 is 23.6 Å². The largest absolute Gasteiger partial charge is 0.340 e. The molecule has 2 fully saturated rings. The van der Waals surface area contributed by atoms with Gasteiger partial charge in [0.25, 0.3) is 5.56 Å². The first kappa shape index (κ1) is 18.7. The van der Waals surface area contributed by atoms with Crippen molar-refractivity contribution in [3.8, 4) is 0 Å². The molecular weight excluding hydrogens is 388 g/mol. The highest BCUT2D eigenvalue weighted by Crippen LogP contribution is 2.42. The third-order valence-electron chi connectivity index (χ3n) is 6.35. The number of rotatable bonds is 2. The van der Waals surface area contributed by atoms with Crippen LogP contribution in [0.15, 0.2) is 23.0 Å². The van der Waals surface area contributed by atoms with Crippen LogP contribution in [0.5, 0.6) is 0 Å². The van der Waals surface area contributed by atoms with Crippen LogP contribution < -0.4 is 10.5 Å². The van der Waals surface area contributed by atoms with E-state index in [0.717, 1.165) is 55.0 Å². The molecule has 0 saturated carbocycles. The summed E-state index contributed by atoms with van der Waals surface area (Å²) < 4.78 is 3.61. The smallest absolute Gasteiger partial charge is 0.251 e. The minimum absolute atomic E-state index is 0.0649. The summed E-state index contributed by atoms with van der Waals surface area (Å²) in [5, 5.41) is 4.40. The zero-order chi connectivity index (χ0) is 20.1. The standard InChI is InChI=1S/C20H26N6O2S/c1-13-21-20(23(2)22-13)25-11-14-10-15(12-25)18(19(28)24-6-8-29-9-7-24)26-16(14)4-3-5-17(26)27/h3-5,14-15,18H,6-12H2,1-2H3/t14-,15+,18+/m0/s1. The van der Waals surface area contributed by atoms with Gasteiger partial charge in [0, 0.05) is 68.3 Å². The molecule has 0 radical (unpaired) electrons. The van der Waals surface area contributed by atoms with E-state index in [0.29, 0.717) is 6.54 Å². The number of fused-ring (bicyclic) bond motifs is 4. The van der Waals surface area contributed by atoms with Gasteiger partial charge in [0.2, 0.25) is 11.9 Å². The number of piperidine rings is 1. The molecule has 29 heavy (non-hydrogen) atoms. The first-order valence-corrected chi connectivity index (χ1v) is 11.4. The number of pyridine rings is 1.